The third kappa shape index (κ3) is 4.20. The van der Waals surface area contributed by atoms with Gasteiger partial charge in [0.1, 0.15) is 10.8 Å². The molecule has 1 aromatic heterocycles. The van der Waals surface area contributed by atoms with Crippen LogP contribution in [0.5, 0.6) is 5.75 Å². The Labute approximate surface area is 186 Å². The summed E-state index contributed by atoms with van der Waals surface area (Å²) in [5.41, 5.74) is 4.02. The number of anilines is 1. The molecule has 0 bridgehead atoms. The molecule has 2 aromatic carbocycles. The number of rotatable bonds is 5. The number of likely N-dealkylation sites (tertiary alicyclic amines) is 1. The molecular weight excluding hydrogens is 430 g/mol. The highest BCUT2D eigenvalue weighted by atomic mass is 32.2. The summed E-state index contributed by atoms with van der Waals surface area (Å²) in [6, 6.07) is 16.6. The van der Waals surface area contributed by atoms with Crippen LogP contribution in [0.1, 0.15) is 48.9 Å². The van der Waals surface area contributed by atoms with E-state index in [2.05, 4.69) is 44.9 Å². The van der Waals surface area contributed by atoms with Crippen LogP contribution in [0.25, 0.3) is 0 Å². The van der Waals surface area contributed by atoms with Crippen molar-refractivity contribution in [1.82, 2.24) is 9.88 Å². The maximum atomic E-state index is 12.8. The fraction of sp³-hybridized carbons (Fsp3) is 0.348. The van der Waals surface area contributed by atoms with Crippen LogP contribution < -0.4 is 9.46 Å². The molecule has 8 heteroatoms. The van der Waals surface area contributed by atoms with Crippen molar-refractivity contribution in [3.63, 3.8) is 0 Å². The van der Waals surface area contributed by atoms with Crippen molar-refractivity contribution in [2.45, 2.75) is 42.7 Å². The molecule has 3 heterocycles. The first kappa shape index (κ1) is 20.5. The topological polar surface area (TPSA) is 71.5 Å². The molecular formula is C23H25N3O3S2. The normalized spacial score (nSPS) is 21.8. The summed E-state index contributed by atoms with van der Waals surface area (Å²) in [6.07, 6.45) is 5.96. The van der Waals surface area contributed by atoms with Crippen LogP contribution in [0.15, 0.2) is 65.1 Å². The number of fused-ring (bicyclic) bond motifs is 1. The molecule has 0 unspecified atom stereocenters. The van der Waals surface area contributed by atoms with E-state index >= 15 is 0 Å². The lowest BCUT2D eigenvalue weighted by atomic mass is 9.90. The van der Waals surface area contributed by atoms with Crippen LogP contribution in [0.3, 0.4) is 0 Å². The third-order valence-electron chi connectivity index (χ3n) is 6.10. The first-order valence-electron chi connectivity index (χ1n) is 10.6. The second kappa shape index (κ2) is 8.61. The second-order valence-electron chi connectivity index (χ2n) is 7.98. The maximum Gasteiger partial charge on any atom is 0.262 e. The van der Waals surface area contributed by atoms with E-state index in [0.29, 0.717) is 23.4 Å². The number of nitrogens with zero attached hydrogens (tertiary/aromatic N) is 2. The molecule has 0 saturated carbocycles. The molecule has 0 radical (unpaired) electrons. The van der Waals surface area contributed by atoms with Gasteiger partial charge in [-0.15, -0.1) is 11.3 Å². The molecule has 1 fully saturated rings. The molecule has 1 saturated heterocycles. The molecule has 2 aliphatic rings. The van der Waals surface area contributed by atoms with Crippen molar-refractivity contribution in [1.29, 1.82) is 0 Å². The Hall–Kier alpha value is -2.42. The number of piperidine rings is 1. The first-order valence-corrected chi connectivity index (χ1v) is 13.0. The number of aromatic nitrogens is 1. The Bertz CT molecular complexity index is 1130. The number of benzene rings is 2. The van der Waals surface area contributed by atoms with Gasteiger partial charge >= 0.3 is 0 Å². The zero-order valence-electron chi connectivity index (χ0n) is 17.1. The number of nitrogens with one attached hydrogen (secondary N) is 1. The van der Waals surface area contributed by atoms with E-state index in [0.717, 1.165) is 24.9 Å². The summed E-state index contributed by atoms with van der Waals surface area (Å²) < 4.78 is 34.1. The first-order chi connectivity index (χ1) is 15.1. The SMILES string of the molecule is O=S(=O)(Nc1cncs1)c1ccc2c(c1)OCC[C@@H]2N1CCCC[C@H]1c1ccccc1. The van der Waals surface area contributed by atoms with Crippen LogP contribution >= 0.6 is 11.3 Å². The van der Waals surface area contributed by atoms with Gasteiger partial charge in [-0.2, -0.15) is 0 Å². The lowest BCUT2D eigenvalue weighted by Gasteiger charge is -2.43. The van der Waals surface area contributed by atoms with E-state index in [9.17, 15) is 8.42 Å². The fourth-order valence-electron chi connectivity index (χ4n) is 4.68. The molecule has 5 rings (SSSR count). The van der Waals surface area contributed by atoms with Gasteiger partial charge in [0.25, 0.3) is 10.0 Å². The van der Waals surface area contributed by atoms with Crippen molar-refractivity contribution in [2.24, 2.45) is 0 Å². The lowest BCUT2D eigenvalue weighted by molar-refractivity contribution is 0.0668. The summed E-state index contributed by atoms with van der Waals surface area (Å²) in [7, 11) is -3.69. The highest BCUT2D eigenvalue weighted by Crippen LogP contribution is 2.44. The summed E-state index contributed by atoms with van der Waals surface area (Å²) in [4.78, 5) is 6.72. The van der Waals surface area contributed by atoms with Crippen LogP contribution in [0, 0.1) is 0 Å². The minimum Gasteiger partial charge on any atom is -0.493 e. The average molecular weight is 456 g/mol. The summed E-state index contributed by atoms with van der Waals surface area (Å²) >= 11 is 1.25. The molecule has 0 aliphatic carbocycles. The molecule has 1 N–H and O–H groups in total. The molecule has 0 amide bonds. The zero-order chi connectivity index (χ0) is 21.3. The van der Waals surface area contributed by atoms with Gasteiger partial charge < -0.3 is 4.74 Å². The number of thiazole rings is 1. The van der Waals surface area contributed by atoms with Gasteiger partial charge in [-0.3, -0.25) is 14.6 Å². The van der Waals surface area contributed by atoms with Crippen molar-refractivity contribution in [3.05, 3.63) is 71.4 Å². The van der Waals surface area contributed by atoms with Crippen LogP contribution in [0.2, 0.25) is 0 Å². The zero-order valence-corrected chi connectivity index (χ0v) is 18.7. The second-order valence-corrected chi connectivity index (χ2v) is 10.6. The van der Waals surface area contributed by atoms with Gasteiger partial charge in [-0.1, -0.05) is 42.8 Å². The molecule has 162 valence electrons. The Morgan fingerprint density at radius 3 is 2.74 bits per heavy atom. The Morgan fingerprint density at radius 1 is 1.06 bits per heavy atom. The highest BCUT2D eigenvalue weighted by Gasteiger charge is 2.34. The number of ether oxygens (including phenoxy) is 1. The summed E-state index contributed by atoms with van der Waals surface area (Å²) in [5, 5.41) is 0.496. The largest absolute Gasteiger partial charge is 0.493 e. The molecule has 31 heavy (non-hydrogen) atoms. The smallest absolute Gasteiger partial charge is 0.262 e. The van der Waals surface area contributed by atoms with E-state index < -0.39 is 10.0 Å². The number of sulfonamides is 1. The molecule has 0 spiro atoms. The fourth-order valence-corrected chi connectivity index (χ4v) is 6.50. The van der Waals surface area contributed by atoms with Gasteiger partial charge in [0.2, 0.25) is 0 Å². The predicted molar refractivity (Wildman–Crippen MR) is 122 cm³/mol. The van der Waals surface area contributed by atoms with Gasteiger partial charge in [-0.25, -0.2) is 8.42 Å². The standard InChI is InChI=1S/C23H25N3O3S2/c27-31(28,25-23-15-24-16-30-23)18-9-10-19-21(11-13-29-22(19)14-18)26-12-5-4-8-20(26)17-6-2-1-3-7-17/h1-3,6-7,9-10,14-16,20-21,25H,4-5,8,11-13H2/t20-,21-/m0/s1. The van der Waals surface area contributed by atoms with Gasteiger partial charge in [0.15, 0.2) is 0 Å². The highest BCUT2D eigenvalue weighted by molar-refractivity contribution is 7.93. The van der Waals surface area contributed by atoms with Crippen LogP contribution in [-0.4, -0.2) is 31.5 Å². The monoisotopic (exact) mass is 455 g/mol. The third-order valence-corrected chi connectivity index (χ3v) is 8.28. The van der Waals surface area contributed by atoms with E-state index in [1.54, 1.807) is 17.6 Å². The van der Waals surface area contributed by atoms with Gasteiger partial charge in [0, 0.05) is 30.1 Å². The van der Waals surface area contributed by atoms with E-state index in [4.69, 9.17) is 4.74 Å². The molecule has 2 atom stereocenters. The molecule has 3 aromatic rings. The summed E-state index contributed by atoms with van der Waals surface area (Å²) in [5.74, 6) is 0.667. The van der Waals surface area contributed by atoms with Gasteiger partial charge in [0.05, 0.1) is 23.2 Å². The maximum absolute atomic E-state index is 12.8. The quantitative estimate of drug-likeness (QED) is 0.587. The van der Waals surface area contributed by atoms with Crippen molar-refractivity contribution in [2.75, 3.05) is 17.9 Å². The van der Waals surface area contributed by atoms with Crippen molar-refractivity contribution >= 4 is 26.4 Å². The summed E-state index contributed by atoms with van der Waals surface area (Å²) in [6.45, 7) is 1.62. The van der Waals surface area contributed by atoms with Gasteiger partial charge in [-0.05, 0) is 31.0 Å². The minimum absolute atomic E-state index is 0.207. The Kier molecular flexibility index (Phi) is 5.69. The van der Waals surface area contributed by atoms with Crippen molar-refractivity contribution < 1.29 is 13.2 Å². The number of hydrogen-bond acceptors (Lipinski definition) is 6. The molecule has 6 nitrogen and oxygen atoms in total. The van der Waals surface area contributed by atoms with Crippen molar-refractivity contribution in [3.8, 4) is 5.75 Å². The number of hydrogen-bond donors (Lipinski definition) is 1. The Morgan fingerprint density at radius 2 is 1.94 bits per heavy atom. The predicted octanol–water partition coefficient (Wildman–Crippen LogP) is 4.99. The van der Waals surface area contributed by atoms with E-state index in [-0.39, 0.29) is 10.9 Å². The van der Waals surface area contributed by atoms with Crippen LogP contribution in [-0.2, 0) is 10.0 Å². The van der Waals surface area contributed by atoms with E-state index in [1.165, 1.54) is 35.9 Å². The lowest BCUT2D eigenvalue weighted by Crippen LogP contribution is -2.38. The minimum atomic E-state index is -3.69. The Balaban J connectivity index is 1.45. The molecule has 2 aliphatic heterocycles. The van der Waals surface area contributed by atoms with Crippen LogP contribution in [0.4, 0.5) is 5.00 Å². The van der Waals surface area contributed by atoms with E-state index in [1.807, 2.05) is 6.07 Å². The average Bonchev–Trinajstić information content (AvgIpc) is 3.31.